The second kappa shape index (κ2) is 7.38. The molecule has 1 aliphatic rings. The molecule has 1 aliphatic heterocycles. The zero-order valence-electron chi connectivity index (χ0n) is 14.7. The van der Waals surface area contributed by atoms with E-state index in [4.69, 9.17) is 0 Å². The van der Waals surface area contributed by atoms with E-state index < -0.39 is 11.8 Å². The van der Waals surface area contributed by atoms with Gasteiger partial charge in [-0.2, -0.15) is 0 Å². The van der Waals surface area contributed by atoms with Crippen molar-refractivity contribution < 1.29 is 9.59 Å². The highest BCUT2D eigenvalue weighted by Crippen LogP contribution is 2.18. The predicted octanol–water partition coefficient (Wildman–Crippen LogP) is 2.59. The average Bonchev–Trinajstić information content (AvgIpc) is 2.63. The number of carbonyl (C=O) groups is 2. The summed E-state index contributed by atoms with van der Waals surface area (Å²) >= 11 is 0. The van der Waals surface area contributed by atoms with E-state index in [0.717, 1.165) is 24.3 Å². The first-order valence-electron chi connectivity index (χ1n) is 8.51. The van der Waals surface area contributed by atoms with Crippen molar-refractivity contribution >= 4 is 23.2 Å². The number of amides is 2. The maximum Gasteiger partial charge on any atom is 0.313 e. The van der Waals surface area contributed by atoms with E-state index in [-0.39, 0.29) is 0 Å². The number of aryl methyl sites for hydroxylation is 2. The van der Waals surface area contributed by atoms with Gasteiger partial charge >= 0.3 is 11.8 Å². The molecule has 0 aromatic heterocycles. The largest absolute Gasteiger partial charge is 0.368 e. The van der Waals surface area contributed by atoms with Crippen LogP contribution in [0.5, 0.6) is 0 Å². The fraction of sp³-hybridized carbons (Fsp3) is 0.300. The van der Waals surface area contributed by atoms with Crippen LogP contribution in [0.15, 0.2) is 48.5 Å². The maximum atomic E-state index is 12.4. The van der Waals surface area contributed by atoms with Gasteiger partial charge in [0.2, 0.25) is 0 Å². The molecule has 0 spiro atoms. The number of benzene rings is 2. The lowest BCUT2D eigenvalue weighted by atomic mass is 10.2. The van der Waals surface area contributed by atoms with Crippen LogP contribution in [0.4, 0.5) is 11.4 Å². The van der Waals surface area contributed by atoms with E-state index in [1.54, 1.807) is 17.0 Å². The van der Waals surface area contributed by atoms with Crippen LogP contribution in [-0.4, -0.2) is 42.9 Å². The van der Waals surface area contributed by atoms with Gasteiger partial charge in [-0.05, 0) is 43.7 Å². The van der Waals surface area contributed by atoms with Gasteiger partial charge < -0.3 is 15.1 Å². The van der Waals surface area contributed by atoms with Crippen molar-refractivity contribution in [2.45, 2.75) is 13.8 Å². The van der Waals surface area contributed by atoms with E-state index in [0.29, 0.717) is 18.8 Å². The van der Waals surface area contributed by atoms with Gasteiger partial charge in [0.25, 0.3) is 0 Å². The number of hydrogen-bond acceptors (Lipinski definition) is 3. The molecule has 2 aromatic carbocycles. The summed E-state index contributed by atoms with van der Waals surface area (Å²) in [7, 11) is 0. The van der Waals surface area contributed by atoms with Crippen LogP contribution in [0, 0.1) is 13.8 Å². The van der Waals surface area contributed by atoms with Crippen LogP contribution >= 0.6 is 0 Å². The summed E-state index contributed by atoms with van der Waals surface area (Å²) in [6.45, 7) is 6.60. The zero-order valence-corrected chi connectivity index (χ0v) is 14.7. The van der Waals surface area contributed by atoms with Crippen molar-refractivity contribution in [3.8, 4) is 0 Å². The van der Waals surface area contributed by atoms with E-state index in [9.17, 15) is 9.59 Å². The van der Waals surface area contributed by atoms with E-state index in [1.165, 1.54) is 5.56 Å². The molecule has 1 N–H and O–H groups in total. The number of rotatable bonds is 2. The molecule has 0 bridgehead atoms. The lowest BCUT2D eigenvalue weighted by Crippen LogP contribution is -2.51. The molecule has 0 atom stereocenters. The van der Waals surface area contributed by atoms with Crippen LogP contribution in [0.1, 0.15) is 11.1 Å². The summed E-state index contributed by atoms with van der Waals surface area (Å²) in [6, 6.07) is 15.7. The number of nitrogens with zero attached hydrogens (tertiary/aromatic N) is 2. The van der Waals surface area contributed by atoms with Gasteiger partial charge in [-0.25, -0.2) is 0 Å². The van der Waals surface area contributed by atoms with Crippen molar-refractivity contribution in [3.05, 3.63) is 59.7 Å². The van der Waals surface area contributed by atoms with Crippen molar-refractivity contribution in [2.24, 2.45) is 0 Å². The van der Waals surface area contributed by atoms with Crippen LogP contribution in [-0.2, 0) is 9.59 Å². The molecule has 5 nitrogen and oxygen atoms in total. The molecule has 1 saturated heterocycles. The first-order chi connectivity index (χ1) is 12.0. The lowest BCUT2D eigenvalue weighted by molar-refractivity contribution is -0.143. The second-order valence-corrected chi connectivity index (χ2v) is 6.44. The fourth-order valence-electron chi connectivity index (χ4n) is 2.96. The predicted molar refractivity (Wildman–Crippen MR) is 99.8 cm³/mol. The van der Waals surface area contributed by atoms with Crippen LogP contribution in [0.2, 0.25) is 0 Å². The highest BCUT2D eigenvalue weighted by molar-refractivity contribution is 6.39. The average molecular weight is 337 g/mol. The van der Waals surface area contributed by atoms with Gasteiger partial charge in [0.15, 0.2) is 0 Å². The summed E-state index contributed by atoms with van der Waals surface area (Å²) in [5.41, 5.74) is 4.13. The zero-order chi connectivity index (χ0) is 17.8. The third-order valence-corrected chi connectivity index (χ3v) is 4.44. The minimum absolute atomic E-state index is 0.468. The quantitative estimate of drug-likeness (QED) is 0.857. The summed E-state index contributed by atoms with van der Waals surface area (Å²) in [5, 5.41) is 2.67. The van der Waals surface area contributed by atoms with Gasteiger partial charge in [0, 0.05) is 37.6 Å². The first kappa shape index (κ1) is 17.0. The standard InChI is InChI=1S/C20H23N3O2/c1-15-6-8-17(9-7-15)21-19(24)20(25)23-12-10-22(11-13-23)18-5-3-4-16(2)14-18/h3-9,14H,10-13H2,1-2H3,(H,21,24). The molecule has 0 unspecified atom stereocenters. The number of nitrogens with one attached hydrogen (secondary N) is 1. The van der Waals surface area contributed by atoms with Gasteiger partial charge in [0.1, 0.15) is 0 Å². The van der Waals surface area contributed by atoms with Crippen molar-refractivity contribution in [2.75, 3.05) is 36.4 Å². The molecule has 25 heavy (non-hydrogen) atoms. The number of hydrogen-bond donors (Lipinski definition) is 1. The Morgan fingerprint density at radius 1 is 0.880 bits per heavy atom. The molecule has 2 amide bonds. The lowest BCUT2D eigenvalue weighted by Gasteiger charge is -2.35. The third kappa shape index (κ3) is 4.18. The Hall–Kier alpha value is -2.82. The minimum Gasteiger partial charge on any atom is -0.368 e. The van der Waals surface area contributed by atoms with E-state index in [2.05, 4.69) is 35.3 Å². The molecular weight excluding hydrogens is 314 g/mol. The molecule has 2 aromatic rings. The molecule has 130 valence electrons. The Morgan fingerprint density at radius 3 is 2.20 bits per heavy atom. The summed E-state index contributed by atoms with van der Waals surface area (Å²) in [4.78, 5) is 28.4. The molecule has 0 aliphatic carbocycles. The molecular formula is C20H23N3O2. The Kier molecular flexibility index (Phi) is 5.03. The topological polar surface area (TPSA) is 52.7 Å². The van der Waals surface area contributed by atoms with Crippen LogP contribution in [0.25, 0.3) is 0 Å². The molecule has 3 rings (SSSR count). The van der Waals surface area contributed by atoms with Gasteiger partial charge in [-0.15, -0.1) is 0 Å². The van der Waals surface area contributed by atoms with Gasteiger partial charge in [0.05, 0.1) is 0 Å². The summed E-state index contributed by atoms with van der Waals surface area (Å²) < 4.78 is 0. The first-order valence-corrected chi connectivity index (χ1v) is 8.51. The second-order valence-electron chi connectivity index (χ2n) is 6.44. The van der Waals surface area contributed by atoms with Crippen molar-refractivity contribution in [1.29, 1.82) is 0 Å². The number of anilines is 2. The Bertz CT molecular complexity index is 763. The van der Waals surface area contributed by atoms with Gasteiger partial charge in [-0.3, -0.25) is 9.59 Å². The number of piperazine rings is 1. The Balaban J connectivity index is 1.55. The summed E-state index contributed by atoms with van der Waals surface area (Å²) in [5.74, 6) is -1.04. The maximum absolute atomic E-state index is 12.4. The normalized spacial score (nSPS) is 14.3. The Labute approximate surface area is 148 Å². The van der Waals surface area contributed by atoms with Crippen LogP contribution < -0.4 is 10.2 Å². The summed E-state index contributed by atoms with van der Waals surface area (Å²) in [6.07, 6.45) is 0. The minimum atomic E-state index is -0.576. The Morgan fingerprint density at radius 2 is 1.56 bits per heavy atom. The van der Waals surface area contributed by atoms with Crippen molar-refractivity contribution in [3.63, 3.8) is 0 Å². The molecule has 1 heterocycles. The molecule has 1 fully saturated rings. The molecule has 0 radical (unpaired) electrons. The highest BCUT2D eigenvalue weighted by Gasteiger charge is 2.26. The van der Waals surface area contributed by atoms with E-state index in [1.807, 2.05) is 25.1 Å². The van der Waals surface area contributed by atoms with Crippen LogP contribution in [0.3, 0.4) is 0 Å². The molecule has 0 saturated carbocycles. The van der Waals surface area contributed by atoms with E-state index >= 15 is 0 Å². The van der Waals surface area contributed by atoms with Crippen molar-refractivity contribution in [1.82, 2.24) is 4.90 Å². The number of carbonyl (C=O) groups excluding carboxylic acids is 2. The fourth-order valence-corrected chi connectivity index (χ4v) is 2.96. The SMILES string of the molecule is Cc1ccc(NC(=O)C(=O)N2CCN(c3cccc(C)c3)CC2)cc1. The van der Waals surface area contributed by atoms with Gasteiger partial charge in [-0.1, -0.05) is 29.8 Å². The highest BCUT2D eigenvalue weighted by atomic mass is 16.2. The molecule has 5 heteroatoms. The third-order valence-electron chi connectivity index (χ3n) is 4.44. The smallest absolute Gasteiger partial charge is 0.313 e. The monoisotopic (exact) mass is 337 g/mol.